The van der Waals surface area contributed by atoms with Gasteiger partial charge in [-0.1, -0.05) is 29.3 Å². The molecule has 2 aromatic heterocycles. The number of carbonyl (C=O) groups is 1. The fourth-order valence-electron chi connectivity index (χ4n) is 2.69. The van der Waals surface area contributed by atoms with Gasteiger partial charge >= 0.3 is 0 Å². The molecule has 1 N–H and O–H groups in total. The Morgan fingerprint density at radius 3 is 2.72 bits per heavy atom. The van der Waals surface area contributed by atoms with Crippen LogP contribution in [-0.2, 0) is 4.79 Å². The van der Waals surface area contributed by atoms with Crippen LogP contribution in [0.3, 0.4) is 0 Å². The first kappa shape index (κ1) is 19.8. The molecule has 5 nitrogen and oxygen atoms in total. The number of carbonyl (C=O) groups excluding carboxylic acids is 1. The summed E-state index contributed by atoms with van der Waals surface area (Å²) in [7, 11) is 0. The molecule has 29 heavy (non-hydrogen) atoms. The molecule has 4 rings (SSSR count). The van der Waals surface area contributed by atoms with E-state index in [2.05, 4.69) is 15.3 Å². The molecule has 4 aromatic rings. The third kappa shape index (κ3) is 4.40. The van der Waals surface area contributed by atoms with E-state index in [0.717, 1.165) is 10.5 Å². The zero-order valence-corrected chi connectivity index (χ0v) is 17.6. The van der Waals surface area contributed by atoms with E-state index >= 15 is 0 Å². The summed E-state index contributed by atoms with van der Waals surface area (Å²) in [5.74, 6) is 0.355. The van der Waals surface area contributed by atoms with Crippen molar-refractivity contribution in [1.82, 2.24) is 9.97 Å². The van der Waals surface area contributed by atoms with Crippen molar-refractivity contribution in [2.24, 2.45) is 0 Å². The van der Waals surface area contributed by atoms with Gasteiger partial charge in [-0.05, 0) is 49.4 Å². The minimum absolute atomic E-state index is 0.150. The first-order valence-corrected chi connectivity index (χ1v) is 10.4. The van der Waals surface area contributed by atoms with E-state index in [9.17, 15) is 4.79 Å². The number of oxazole rings is 1. The number of anilines is 1. The van der Waals surface area contributed by atoms with E-state index in [1.807, 2.05) is 25.1 Å². The van der Waals surface area contributed by atoms with Gasteiger partial charge in [0, 0.05) is 28.5 Å². The molecule has 0 bridgehead atoms. The third-order valence-corrected chi connectivity index (χ3v) is 6.26. The molecule has 1 atom stereocenters. The quantitative estimate of drug-likeness (QED) is 0.365. The van der Waals surface area contributed by atoms with Crippen molar-refractivity contribution in [2.75, 3.05) is 5.32 Å². The summed E-state index contributed by atoms with van der Waals surface area (Å²) in [6.45, 7) is 1.81. The molecule has 0 aliphatic carbocycles. The first-order valence-electron chi connectivity index (χ1n) is 8.74. The standard InChI is InChI=1S/C21H15Cl2N3O2S/c1-12(29-18-4-2-3-15(22)19(18)23)20(27)25-14-5-6-17-16(11-14)26-21(28-17)13-7-9-24-10-8-13/h2-12H,1H3,(H,25,27). The average molecular weight is 444 g/mol. The average Bonchev–Trinajstić information content (AvgIpc) is 3.15. The van der Waals surface area contributed by atoms with Crippen LogP contribution < -0.4 is 5.32 Å². The van der Waals surface area contributed by atoms with Gasteiger partial charge in [-0.2, -0.15) is 0 Å². The van der Waals surface area contributed by atoms with Crippen LogP contribution in [0.2, 0.25) is 10.0 Å². The zero-order valence-electron chi connectivity index (χ0n) is 15.2. The zero-order chi connectivity index (χ0) is 20.4. The van der Waals surface area contributed by atoms with Gasteiger partial charge < -0.3 is 9.73 Å². The van der Waals surface area contributed by atoms with Crippen molar-refractivity contribution >= 4 is 57.7 Å². The number of nitrogens with zero attached hydrogens (tertiary/aromatic N) is 2. The molecule has 0 saturated heterocycles. The van der Waals surface area contributed by atoms with Crippen LogP contribution in [0.15, 0.2) is 70.2 Å². The molecule has 0 aliphatic rings. The Bertz CT molecular complexity index is 1180. The highest BCUT2D eigenvalue weighted by molar-refractivity contribution is 8.00. The molecule has 8 heteroatoms. The van der Waals surface area contributed by atoms with Gasteiger partial charge in [-0.15, -0.1) is 11.8 Å². The lowest BCUT2D eigenvalue weighted by Crippen LogP contribution is -2.22. The highest BCUT2D eigenvalue weighted by Gasteiger charge is 2.18. The minimum Gasteiger partial charge on any atom is -0.436 e. The predicted molar refractivity (Wildman–Crippen MR) is 118 cm³/mol. The van der Waals surface area contributed by atoms with Gasteiger partial charge in [0.15, 0.2) is 5.58 Å². The van der Waals surface area contributed by atoms with Gasteiger partial charge in [0.2, 0.25) is 11.8 Å². The Hall–Kier alpha value is -2.54. The SMILES string of the molecule is CC(Sc1cccc(Cl)c1Cl)C(=O)Nc1ccc2oc(-c3ccncc3)nc2c1. The van der Waals surface area contributed by atoms with Gasteiger partial charge in [-0.3, -0.25) is 9.78 Å². The number of hydrogen-bond donors (Lipinski definition) is 1. The second kappa shape index (κ2) is 8.45. The molecular formula is C21H15Cl2N3O2S. The van der Waals surface area contributed by atoms with Crippen LogP contribution in [0, 0.1) is 0 Å². The molecule has 2 heterocycles. The smallest absolute Gasteiger partial charge is 0.237 e. The van der Waals surface area contributed by atoms with Crippen LogP contribution in [0.5, 0.6) is 0 Å². The van der Waals surface area contributed by atoms with Crippen LogP contribution in [0.4, 0.5) is 5.69 Å². The number of benzene rings is 2. The van der Waals surface area contributed by atoms with Crippen LogP contribution in [0.25, 0.3) is 22.6 Å². The summed E-state index contributed by atoms with van der Waals surface area (Å²) in [5, 5.41) is 3.45. The van der Waals surface area contributed by atoms with E-state index in [4.69, 9.17) is 27.6 Å². The monoisotopic (exact) mass is 443 g/mol. The minimum atomic E-state index is -0.369. The van der Waals surface area contributed by atoms with Crippen LogP contribution in [0.1, 0.15) is 6.92 Å². The van der Waals surface area contributed by atoms with E-state index in [-0.39, 0.29) is 11.2 Å². The summed E-state index contributed by atoms with van der Waals surface area (Å²) in [6, 6.07) is 14.4. The maximum atomic E-state index is 12.6. The number of hydrogen-bond acceptors (Lipinski definition) is 5. The second-order valence-corrected chi connectivity index (χ2v) is 8.41. The molecule has 0 spiro atoms. The largest absolute Gasteiger partial charge is 0.436 e. The second-order valence-electron chi connectivity index (χ2n) is 6.24. The number of aromatic nitrogens is 2. The van der Waals surface area contributed by atoms with Crippen molar-refractivity contribution in [3.63, 3.8) is 0 Å². The number of thioether (sulfide) groups is 1. The summed E-state index contributed by atoms with van der Waals surface area (Å²) in [4.78, 5) is 21.9. The topological polar surface area (TPSA) is 68.0 Å². The van der Waals surface area contributed by atoms with Crippen LogP contribution >= 0.6 is 35.0 Å². The lowest BCUT2D eigenvalue weighted by molar-refractivity contribution is -0.115. The highest BCUT2D eigenvalue weighted by atomic mass is 35.5. The Labute approximate surface area is 181 Å². The van der Waals surface area contributed by atoms with Crippen molar-refractivity contribution in [3.8, 4) is 11.5 Å². The number of halogens is 2. The molecule has 0 fully saturated rings. The van der Waals surface area contributed by atoms with Crippen molar-refractivity contribution in [3.05, 3.63) is 71.0 Å². The Balaban J connectivity index is 1.49. The fourth-order valence-corrected chi connectivity index (χ4v) is 4.09. The van der Waals surface area contributed by atoms with Crippen molar-refractivity contribution in [1.29, 1.82) is 0 Å². The Morgan fingerprint density at radius 1 is 1.14 bits per heavy atom. The molecule has 0 radical (unpaired) electrons. The van der Waals surface area contributed by atoms with Crippen molar-refractivity contribution < 1.29 is 9.21 Å². The number of nitrogens with one attached hydrogen (secondary N) is 1. The normalized spacial score (nSPS) is 12.1. The number of fused-ring (bicyclic) bond motifs is 1. The van der Waals surface area contributed by atoms with E-state index < -0.39 is 0 Å². The lowest BCUT2D eigenvalue weighted by atomic mass is 10.2. The molecule has 0 aliphatic heterocycles. The summed E-state index contributed by atoms with van der Waals surface area (Å²) in [6.07, 6.45) is 3.36. The highest BCUT2D eigenvalue weighted by Crippen LogP contribution is 2.35. The van der Waals surface area contributed by atoms with Crippen LogP contribution in [-0.4, -0.2) is 21.1 Å². The lowest BCUT2D eigenvalue weighted by Gasteiger charge is -2.13. The van der Waals surface area contributed by atoms with Gasteiger partial charge in [0.1, 0.15) is 5.52 Å². The Morgan fingerprint density at radius 2 is 1.93 bits per heavy atom. The Kier molecular flexibility index (Phi) is 5.76. The molecule has 1 unspecified atom stereocenters. The summed E-state index contributed by atoms with van der Waals surface area (Å²) in [5.41, 5.74) is 2.78. The van der Waals surface area contributed by atoms with Gasteiger partial charge in [0.25, 0.3) is 0 Å². The third-order valence-electron chi connectivity index (χ3n) is 4.17. The molecule has 1 amide bonds. The van der Waals surface area contributed by atoms with Gasteiger partial charge in [0.05, 0.1) is 15.3 Å². The summed E-state index contributed by atoms with van der Waals surface area (Å²) < 4.78 is 5.78. The number of rotatable bonds is 5. The fraction of sp³-hybridized carbons (Fsp3) is 0.0952. The van der Waals surface area contributed by atoms with E-state index in [1.165, 1.54) is 11.8 Å². The van der Waals surface area contributed by atoms with E-state index in [1.54, 1.807) is 42.7 Å². The summed E-state index contributed by atoms with van der Waals surface area (Å²) >= 11 is 13.6. The molecule has 0 saturated carbocycles. The predicted octanol–water partition coefficient (Wildman–Crippen LogP) is 6.32. The van der Waals surface area contributed by atoms with Crippen molar-refractivity contribution in [2.45, 2.75) is 17.1 Å². The van der Waals surface area contributed by atoms with E-state index in [0.29, 0.717) is 32.7 Å². The first-order chi connectivity index (χ1) is 14.0. The number of pyridine rings is 1. The maximum absolute atomic E-state index is 12.6. The maximum Gasteiger partial charge on any atom is 0.237 e. The molecule has 146 valence electrons. The molecule has 2 aromatic carbocycles. The molecular weight excluding hydrogens is 429 g/mol. The van der Waals surface area contributed by atoms with Gasteiger partial charge in [-0.25, -0.2) is 4.98 Å². The number of amides is 1.